The number of aliphatic carboxylic acids is 2. The van der Waals surface area contributed by atoms with E-state index in [1.165, 1.54) is 25.7 Å². The first-order valence-electron chi connectivity index (χ1n) is 7.57. The Morgan fingerprint density at radius 3 is 2.22 bits per heavy atom. The van der Waals surface area contributed by atoms with Crippen LogP contribution in [0.3, 0.4) is 0 Å². The van der Waals surface area contributed by atoms with Gasteiger partial charge in [0, 0.05) is 11.1 Å². The predicted octanol–water partition coefficient (Wildman–Crippen LogP) is 2.80. The van der Waals surface area contributed by atoms with E-state index in [0.29, 0.717) is 0 Å². The third-order valence-corrected chi connectivity index (χ3v) is 3.63. The Labute approximate surface area is 140 Å². The molecule has 0 radical (unpaired) electrons. The van der Waals surface area contributed by atoms with Crippen LogP contribution in [0.15, 0.2) is 24.3 Å². The zero-order chi connectivity index (χ0) is 17.1. The van der Waals surface area contributed by atoms with Crippen molar-refractivity contribution >= 4 is 23.5 Å². The molecular formula is C16H22ClNO5. The van der Waals surface area contributed by atoms with Crippen LogP contribution in [0.25, 0.3) is 0 Å². The zero-order valence-corrected chi connectivity index (χ0v) is 13.6. The molecule has 1 aromatic rings. The summed E-state index contributed by atoms with van der Waals surface area (Å²) in [6.45, 7) is 1.82. The number of carbonyl (C=O) groups is 2. The maximum atomic E-state index is 9.10. The maximum absolute atomic E-state index is 9.10. The topological polar surface area (TPSA) is 95.9 Å². The molecule has 0 unspecified atom stereocenters. The van der Waals surface area contributed by atoms with Crippen LogP contribution in [-0.4, -0.2) is 41.3 Å². The normalized spacial score (nSPS) is 14.0. The fraction of sp³-hybridized carbons (Fsp3) is 0.500. The molecule has 0 aromatic heterocycles. The number of carboxylic acids is 2. The van der Waals surface area contributed by atoms with Crippen molar-refractivity contribution in [2.24, 2.45) is 0 Å². The third-order valence-electron chi connectivity index (χ3n) is 3.37. The van der Waals surface area contributed by atoms with Gasteiger partial charge in [0.25, 0.3) is 0 Å². The molecule has 0 saturated heterocycles. The molecular weight excluding hydrogens is 322 g/mol. The highest BCUT2D eigenvalue weighted by molar-refractivity contribution is 6.30. The maximum Gasteiger partial charge on any atom is 0.414 e. The van der Waals surface area contributed by atoms with Crippen molar-refractivity contribution in [1.82, 2.24) is 5.32 Å². The van der Waals surface area contributed by atoms with E-state index in [4.69, 9.17) is 36.1 Å². The Bertz CT molecular complexity index is 474. The first kappa shape index (κ1) is 19.3. The van der Waals surface area contributed by atoms with Crippen LogP contribution in [0, 0.1) is 0 Å². The molecule has 0 amide bonds. The van der Waals surface area contributed by atoms with E-state index in [2.05, 4.69) is 5.32 Å². The third kappa shape index (κ3) is 9.05. The first-order chi connectivity index (χ1) is 11.0. The number of ether oxygens (including phenoxy) is 1. The summed E-state index contributed by atoms with van der Waals surface area (Å²) in [6.07, 6.45) is 6.52. The molecule has 0 spiro atoms. The van der Waals surface area contributed by atoms with Crippen LogP contribution < -0.4 is 10.1 Å². The number of carboxylic acid groups (broad SMARTS) is 2. The quantitative estimate of drug-likeness (QED) is 0.543. The molecule has 0 aliphatic heterocycles. The molecule has 1 saturated carbocycles. The SMILES string of the molecule is Clc1ccc(OCCCNC2CCCC2)cc1.O=C(O)C(=O)O. The Hall–Kier alpha value is -1.79. The van der Waals surface area contributed by atoms with Gasteiger partial charge in [0.15, 0.2) is 0 Å². The summed E-state index contributed by atoms with van der Waals surface area (Å²) in [7, 11) is 0. The van der Waals surface area contributed by atoms with Crippen LogP contribution in [0.4, 0.5) is 0 Å². The van der Waals surface area contributed by atoms with Gasteiger partial charge in [-0.05, 0) is 50.1 Å². The van der Waals surface area contributed by atoms with Crippen molar-refractivity contribution in [3.8, 4) is 5.75 Å². The summed E-state index contributed by atoms with van der Waals surface area (Å²) in [5, 5.41) is 19.1. The van der Waals surface area contributed by atoms with Gasteiger partial charge in [-0.15, -0.1) is 0 Å². The van der Waals surface area contributed by atoms with Crippen molar-refractivity contribution in [3.63, 3.8) is 0 Å². The molecule has 2 rings (SSSR count). The van der Waals surface area contributed by atoms with Crippen molar-refractivity contribution in [2.45, 2.75) is 38.1 Å². The average molecular weight is 344 g/mol. The lowest BCUT2D eigenvalue weighted by molar-refractivity contribution is -0.159. The van der Waals surface area contributed by atoms with E-state index in [0.717, 1.165) is 36.4 Å². The average Bonchev–Trinajstić information content (AvgIpc) is 3.02. The highest BCUT2D eigenvalue weighted by Gasteiger charge is 2.13. The second kappa shape index (κ2) is 10.9. The number of rotatable bonds is 6. The number of hydrogen-bond acceptors (Lipinski definition) is 4. The molecule has 128 valence electrons. The molecule has 1 aliphatic rings. The molecule has 0 atom stereocenters. The van der Waals surface area contributed by atoms with Gasteiger partial charge in [-0.25, -0.2) is 9.59 Å². The summed E-state index contributed by atoms with van der Waals surface area (Å²) in [4.78, 5) is 18.2. The Kier molecular flexibility index (Phi) is 9.09. The second-order valence-electron chi connectivity index (χ2n) is 5.20. The fourth-order valence-corrected chi connectivity index (χ4v) is 2.36. The molecule has 0 heterocycles. The van der Waals surface area contributed by atoms with E-state index in [1.807, 2.05) is 24.3 Å². The number of benzene rings is 1. The number of halogens is 1. The zero-order valence-electron chi connectivity index (χ0n) is 12.8. The summed E-state index contributed by atoms with van der Waals surface area (Å²) < 4.78 is 5.63. The molecule has 23 heavy (non-hydrogen) atoms. The van der Waals surface area contributed by atoms with Crippen LogP contribution in [0.5, 0.6) is 5.75 Å². The van der Waals surface area contributed by atoms with Crippen LogP contribution in [0.2, 0.25) is 5.02 Å². The standard InChI is InChI=1S/C14H20ClNO.C2H2O4/c15-12-6-8-14(9-7-12)17-11-3-10-16-13-4-1-2-5-13;3-1(4)2(5)6/h6-9,13,16H,1-5,10-11H2;(H,3,4)(H,5,6). The molecule has 7 heteroatoms. The van der Waals surface area contributed by atoms with Gasteiger partial charge >= 0.3 is 11.9 Å². The monoisotopic (exact) mass is 343 g/mol. The summed E-state index contributed by atoms with van der Waals surface area (Å²) >= 11 is 5.80. The molecule has 1 aliphatic carbocycles. The lowest BCUT2D eigenvalue weighted by Crippen LogP contribution is -2.27. The molecule has 1 aromatic carbocycles. The lowest BCUT2D eigenvalue weighted by Gasteiger charge is -2.11. The largest absolute Gasteiger partial charge is 0.494 e. The Morgan fingerprint density at radius 2 is 1.70 bits per heavy atom. The molecule has 3 N–H and O–H groups in total. The van der Waals surface area contributed by atoms with Crippen molar-refractivity contribution < 1.29 is 24.5 Å². The number of nitrogens with one attached hydrogen (secondary N) is 1. The van der Waals surface area contributed by atoms with E-state index >= 15 is 0 Å². The minimum atomic E-state index is -1.82. The van der Waals surface area contributed by atoms with Gasteiger partial charge in [0.2, 0.25) is 0 Å². The summed E-state index contributed by atoms with van der Waals surface area (Å²) in [5.74, 6) is -2.75. The van der Waals surface area contributed by atoms with E-state index in [1.54, 1.807) is 0 Å². The summed E-state index contributed by atoms with van der Waals surface area (Å²) in [6, 6.07) is 8.28. The second-order valence-corrected chi connectivity index (χ2v) is 5.64. The molecule has 0 bridgehead atoms. The fourth-order valence-electron chi connectivity index (χ4n) is 2.23. The van der Waals surface area contributed by atoms with Crippen LogP contribution in [-0.2, 0) is 9.59 Å². The minimum absolute atomic E-state index is 0.750. The van der Waals surface area contributed by atoms with Crippen LogP contribution >= 0.6 is 11.6 Å². The summed E-state index contributed by atoms with van der Waals surface area (Å²) in [5.41, 5.74) is 0. The molecule has 1 fully saturated rings. The van der Waals surface area contributed by atoms with E-state index < -0.39 is 11.9 Å². The van der Waals surface area contributed by atoms with Crippen molar-refractivity contribution in [1.29, 1.82) is 0 Å². The predicted molar refractivity (Wildman–Crippen MR) is 87.1 cm³/mol. The van der Waals surface area contributed by atoms with Crippen LogP contribution in [0.1, 0.15) is 32.1 Å². The van der Waals surface area contributed by atoms with Crippen molar-refractivity contribution in [2.75, 3.05) is 13.2 Å². The highest BCUT2D eigenvalue weighted by atomic mass is 35.5. The van der Waals surface area contributed by atoms with Crippen molar-refractivity contribution in [3.05, 3.63) is 29.3 Å². The molecule has 6 nitrogen and oxygen atoms in total. The van der Waals surface area contributed by atoms with Gasteiger partial charge in [-0.3, -0.25) is 0 Å². The van der Waals surface area contributed by atoms with Gasteiger partial charge < -0.3 is 20.3 Å². The number of hydrogen-bond donors (Lipinski definition) is 3. The van der Waals surface area contributed by atoms with Gasteiger partial charge in [-0.2, -0.15) is 0 Å². The van der Waals surface area contributed by atoms with Gasteiger partial charge in [0.05, 0.1) is 6.61 Å². The van der Waals surface area contributed by atoms with Gasteiger partial charge in [-0.1, -0.05) is 24.4 Å². The Balaban J connectivity index is 0.000000379. The Morgan fingerprint density at radius 1 is 1.13 bits per heavy atom. The van der Waals surface area contributed by atoms with E-state index in [-0.39, 0.29) is 0 Å². The highest BCUT2D eigenvalue weighted by Crippen LogP contribution is 2.17. The van der Waals surface area contributed by atoms with E-state index in [9.17, 15) is 0 Å². The first-order valence-corrected chi connectivity index (χ1v) is 7.95. The minimum Gasteiger partial charge on any atom is -0.494 e. The lowest BCUT2D eigenvalue weighted by atomic mass is 10.2. The smallest absolute Gasteiger partial charge is 0.414 e. The van der Waals surface area contributed by atoms with Gasteiger partial charge in [0.1, 0.15) is 5.75 Å².